The number of hydrogen-bond acceptors (Lipinski definition) is 5. The number of hydrogen-bond donors (Lipinski definition) is 0. The van der Waals surface area contributed by atoms with Gasteiger partial charge in [0.2, 0.25) is 0 Å². The van der Waals surface area contributed by atoms with Crippen molar-refractivity contribution in [3.63, 3.8) is 0 Å². The Morgan fingerprint density at radius 1 is 0.957 bits per heavy atom. The van der Waals surface area contributed by atoms with Crippen molar-refractivity contribution in [2.45, 2.75) is 5.92 Å². The van der Waals surface area contributed by atoms with Crippen LogP contribution in [0, 0.1) is 0 Å². The van der Waals surface area contributed by atoms with Gasteiger partial charge in [-0.1, -0.05) is 24.4 Å². The summed E-state index contributed by atoms with van der Waals surface area (Å²) in [6.45, 7) is 0. The molecule has 1 atom stereocenters. The lowest BCUT2D eigenvalue weighted by Crippen LogP contribution is -2.19. The van der Waals surface area contributed by atoms with Crippen LogP contribution in [-0.4, -0.2) is 30.5 Å². The van der Waals surface area contributed by atoms with Crippen LogP contribution in [0.25, 0.3) is 0 Å². The Hall–Kier alpha value is -1.85. The zero-order chi connectivity index (χ0) is 16.8. The fraction of sp³-hybridized carbons (Fsp3) is 0.222. The van der Waals surface area contributed by atoms with E-state index in [0.717, 1.165) is 17.1 Å². The number of Topliss-reactive ketones (excluding diaryl/α,β-unsaturated/α-hetero) is 1. The number of thiocarbonyl (C=S) groups is 1. The highest BCUT2D eigenvalue weighted by atomic mass is 32.2. The Morgan fingerprint density at radius 3 is 1.87 bits per heavy atom. The van der Waals surface area contributed by atoms with Gasteiger partial charge in [-0.2, -0.15) is 0 Å². The van der Waals surface area contributed by atoms with Crippen LogP contribution in [0.3, 0.4) is 0 Å². The molecule has 0 amide bonds. The number of thioether (sulfide) groups is 1. The van der Waals surface area contributed by atoms with Crippen LogP contribution < -0.4 is 9.47 Å². The highest BCUT2D eigenvalue weighted by molar-refractivity contribution is 8.22. The molecule has 0 fully saturated rings. The maximum Gasteiger partial charge on any atom is 0.176 e. The van der Waals surface area contributed by atoms with E-state index in [1.807, 2.05) is 30.5 Å². The van der Waals surface area contributed by atoms with Crippen LogP contribution in [0.15, 0.2) is 48.5 Å². The molecule has 23 heavy (non-hydrogen) atoms. The van der Waals surface area contributed by atoms with E-state index >= 15 is 0 Å². The topological polar surface area (TPSA) is 35.5 Å². The van der Waals surface area contributed by atoms with Crippen molar-refractivity contribution in [1.29, 1.82) is 0 Å². The van der Waals surface area contributed by atoms with Gasteiger partial charge >= 0.3 is 0 Å². The van der Waals surface area contributed by atoms with Crippen molar-refractivity contribution in [2.24, 2.45) is 0 Å². The summed E-state index contributed by atoms with van der Waals surface area (Å²) in [5.41, 5.74) is 1.48. The van der Waals surface area contributed by atoms with E-state index in [4.69, 9.17) is 21.7 Å². The predicted octanol–water partition coefficient (Wildman–Crippen LogP) is 4.36. The fourth-order valence-corrected chi connectivity index (χ4v) is 2.95. The highest BCUT2D eigenvalue weighted by Crippen LogP contribution is 2.29. The van der Waals surface area contributed by atoms with Gasteiger partial charge < -0.3 is 9.47 Å². The van der Waals surface area contributed by atoms with E-state index in [9.17, 15) is 4.79 Å². The molecule has 2 rings (SSSR count). The number of carbonyl (C=O) groups excluding carboxylic acids is 1. The van der Waals surface area contributed by atoms with Crippen LogP contribution in [0.1, 0.15) is 21.8 Å². The van der Waals surface area contributed by atoms with E-state index in [-0.39, 0.29) is 5.78 Å². The average Bonchev–Trinajstić information content (AvgIpc) is 2.62. The second kappa shape index (κ2) is 8.13. The zero-order valence-corrected chi connectivity index (χ0v) is 14.9. The van der Waals surface area contributed by atoms with Crippen LogP contribution in [0.5, 0.6) is 11.5 Å². The van der Waals surface area contributed by atoms with Crippen molar-refractivity contribution in [3.05, 3.63) is 59.7 Å². The van der Waals surface area contributed by atoms with Crippen LogP contribution in [0.4, 0.5) is 0 Å². The molecule has 0 aromatic heterocycles. The quantitative estimate of drug-likeness (QED) is 0.574. The third-order valence-electron chi connectivity index (χ3n) is 3.52. The van der Waals surface area contributed by atoms with E-state index in [1.54, 1.807) is 38.5 Å². The number of ketones is 1. The van der Waals surface area contributed by atoms with Gasteiger partial charge in [0.25, 0.3) is 0 Å². The monoisotopic (exact) mass is 346 g/mol. The Bertz CT molecular complexity index is 678. The first kappa shape index (κ1) is 17.5. The molecule has 0 saturated heterocycles. The summed E-state index contributed by atoms with van der Waals surface area (Å²) in [7, 11) is 3.21. The van der Waals surface area contributed by atoms with E-state index in [2.05, 4.69) is 0 Å². The third-order valence-corrected chi connectivity index (χ3v) is 4.90. The normalized spacial score (nSPS) is 11.6. The number of ether oxygens (including phenoxy) is 2. The lowest BCUT2D eigenvalue weighted by Gasteiger charge is -2.17. The fourth-order valence-electron chi connectivity index (χ4n) is 2.23. The highest BCUT2D eigenvalue weighted by Gasteiger charge is 2.26. The molecule has 5 heteroatoms. The van der Waals surface area contributed by atoms with Crippen molar-refractivity contribution < 1.29 is 14.3 Å². The number of benzene rings is 2. The molecule has 2 aromatic rings. The Balaban J connectivity index is 2.36. The molecule has 0 bridgehead atoms. The standard InChI is InChI=1S/C18H18O3S2/c1-20-14-8-4-12(5-9-14)16(18(22)23-3)17(19)13-6-10-15(21-2)11-7-13/h4-11,16H,1-3H3. The molecule has 120 valence electrons. The van der Waals surface area contributed by atoms with E-state index in [1.165, 1.54) is 11.8 Å². The summed E-state index contributed by atoms with van der Waals surface area (Å²) < 4.78 is 11.0. The van der Waals surface area contributed by atoms with Gasteiger partial charge in [-0.15, -0.1) is 11.8 Å². The summed E-state index contributed by atoms with van der Waals surface area (Å²) in [6.07, 6.45) is 1.89. The van der Waals surface area contributed by atoms with Crippen LogP contribution in [0.2, 0.25) is 0 Å². The van der Waals surface area contributed by atoms with Gasteiger partial charge in [0, 0.05) is 5.56 Å². The maximum absolute atomic E-state index is 12.9. The third kappa shape index (κ3) is 4.12. The van der Waals surface area contributed by atoms with Gasteiger partial charge in [-0.05, 0) is 48.2 Å². The van der Waals surface area contributed by atoms with Gasteiger partial charge in [0.15, 0.2) is 5.78 Å². The summed E-state index contributed by atoms with van der Waals surface area (Å²) >= 11 is 6.85. The smallest absolute Gasteiger partial charge is 0.176 e. The van der Waals surface area contributed by atoms with Crippen molar-refractivity contribution in [1.82, 2.24) is 0 Å². The molecule has 0 heterocycles. The summed E-state index contributed by atoms with van der Waals surface area (Å²) in [4.78, 5) is 12.9. The molecule has 3 nitrogen and oxygen atoms in total. The minimum absolute atomic E-state index is 0.0165. The summed E-state index contributed by atoms with van der Waals surface area (Å²) in [6, 6.07) is 14.5. The maximum atomic E-state index is 12.9. The van der Waals surface area contributed by atoms with Crippen LogP contribution >= 0.6 is 24.0 Å². The Morgan fingerprint density at radius 2 is 1.43 bits per heavy atom. The predicted molar refractivity (Wildman–Crippen MR) is 99.2 cm³/mol. The second-order valence-electron chi connectivity index (χ2n) is 4.82. The van der Waals surface area contributed by atoms with Gasteiger partial charge in [-0.3, -0.25) is 4.79 Å². The first-order valence-corrected chi connectivity index (χ1v) is 8.64. The first-order chi connectivity index (χ1) is 11.1. The molecule has 0 aliphatic carbocycles. The molecular formula is C18H18O3S2. The van der Waals surface area contributed by atoms with Crippen molar-refractivity contribution in [2.75, 3.05) is 20.5 Å². The molecular weight excluding hydrogens is 328 g/mol. The van der Waals surface area contributed by atoms with Gasteiger partial charge in [-0.25, -0.2) is 0 Å². The summed E-state index contributed by atoms with van der Waals surface area (Å²) in [5.74, 6) is 0.992. The average molecular weight is 346 g/mol. The molecule has 0 saturated carbocycles. The lowest BCUT2D eigenvalue weighted by molar-refractivity contribution is 0.0984. The molecule has 0 radical (unpaired) electrons. The van der Waals surface area contributed by atoms with Gasteiger partial charge in [0.1, 0.15) is 11.5 Å². The SMILES string of the molecule is COc1ccc(C(=O)C(C(=S)SC)c2ccc(OC)cc2)cc1. The molecule has 0 N–H and O–H groups in total. The largest absolute Gasteiger partial charge is 0.497 e. The Kier molecular flexibility index (Phi) is 6.19. The lowest BCUT2D eigenvalue weighted by atomic mass is 9.92. The zero-order valence-electron chi connectivity index (χ0n) is 13.2. The summed E-state index contributed by atoms with van der Waals surface area (Å²) in [5, 5.41) is 0. The second-order valence-corrected chi connectivity index (χ2v) is 6.37. The Labute approximate surface area is 146 Å². The van der Waals surface area contributed by atoms with Crippen molar-refractivity contribution in [3.8, 4) is 11.5 Å². The van der Waals surface area contributed by atoms with E-state index < -0.39 is 5.92 Å². The minimum atomic E-state index is -0.459. The number of methoxy groups -OCH3 is 2. The van der Waals surface area contributed by atoms with E-state index in [0.29, 0.717) is 9.76 Å². The van der Waals surface area contributed by atoms with Crippen molar-refractivity contribution >= 4 is 34.0 Å². The molecule has 2 aromatic carbocycles. The van der Waals surface area contributed by atoms with Crippen LogP contribution in [-0.2, 0) is 0 Å². The first-order valence-electron chi connectivity index (χ1n) is 7.00. The molecule has 0 aliphatic rings. The molecule has 0 spiro atoms. The molecule has 1 unspecified atom stereocenters. The minimum Gasteiger partial charge on any atom is -0.497 e. The van der Waals surface area contributed by atoms with Gasteiger partial charge in [0.05, 0.1) is 24.3 Å². The number of rotatable bonds is 6. The number of carbonyl (C=O) groups is 1. The molecule has 0 aliphatic heterocycles.